The third-order valence-electron chi connectivity index (χ3n) is 6.78. The zero-order valence-electron chi connectivity index (χ0n) is 17.6. The average Bonchev–Trinajstić information content (AvgIpc) is 3.07. The van der Waals surface area contributed by atoms with Crippen LogP contribution in [-0.2, 0) is 12.8 Å². The van der Waals surface area contributed by atoms with Gasteiger partial charge in [-0.2, -0.15) is 0 Å². The molecule has 1 aromatic carbocycles. The molecule has 146 valence electrons. The lowest BCUT2D eigenvalue weighted by molar-refractivity contribution is 0.149. The largest absolute Gasteiger partial charge is 0.379 e. The summed E-state index contributed by atoms with van der Waals surface area (Å²) in [4.78, 5) is 2.51. The fourth-order valence-electron chi connectivity index (χ4n) is 4.69. The van der Waals surface area contributed by atoms with E-state index >= 15 is 0 Å². The maximum absolute atomic E-state index is 4.59. The molecule has 2 aliphatic rings. The number of rotatable bonds is 6. The molecule has 2 unspecified atom stereocenters. The van der Waals surface area contributed by atoms with Crippen molar-refractivity contribution in [2.45, 2.75) is 71.5 Å². The van der Waals surface area contributed by atoms with Gasteiger partial charge < -0.3 is 10.2 Å². The van der Waals surface area contributed by atoms with E-state index in [0.717, 1.165) is 25.0 Å². The van der Waals surface area contributed by atoms with Crippen LogP contribution in [0.3, 0.4) is 0 Å². The van der Waals surface area contributed by atoms with Gasteiger partial charge in [0, 0.05) is 17.4 Å². The number of fused-ring (bicyclic) bond motifs is 1. The number of benzene rings is 1. The molecule has 1 aliphatic carbocycles. The van der Waals surface area contributed by atoms with E-state index in [9.17, 15) is 0 Å². The first-order valence-corrected chi connectivity index (χ1v) is 10.5. The maximum atomic E-state index is 4.59. The monoisotopic (exact) mass is 364 g/mol. The fourth-order valence-corrected chi connectivity index (χ4v) is 4.69. The molecule has 1 aliphatic heterocycles. The molecule has 0 saturated carbocycles. The standard InChI is InChI=1S/C25H36N2/c1-8-17(4)13-24-18(5)26-25(20(7)27(24)19(6)16(2)3)23-14-21-11-9-10-12-22(21)15-23/h9-12,17,19,23-26H,2,5,7-8,13-15H2,1,3-4,6H3/t17?,19-,24-,25?/m1/s1. The topological polar surface area (TPSA) is 15.3 Å². The van der Waals surface area contributed by atoms with Gasteiger partial charge >= 0.3 is 0 Å². The Morgan fingerprint density at radius 2 is 1.78 bits per heavy atom. The lowest BCUT2D eigenvalue weighted by Crippen LogP contribution is -2.58. The van der Waals surface area contributed by atoms with Crippen molar-refractivity contribution in [3.05, 3.63) is 72.1 Å². The third kappa shape index (κ3) is 3.85. The summed E-state index contributed by atoms with van der Waals surface area (Å²) in [7, 11) is 0. The first-order chi connectivity index (χ1) is 12.8. The van der Waals surface area contributed by atoms with Crippen LogP contribution in [0, 0.1) is 11.8 Å². The molecule has 0 spiro atoms. The highest BCUT2D eigenvalue weighted by Crippen LogP contribution is 2.38. The number of piperazine rings is 1. The Kier molecular flexibility index (Phi) is 5.83. The molecule has 0 bridgehead atoms. The summed E-state index contributed by atoms with van der Waals surface area (Å²) in [6, 6.07) is 9.67. The van der Waals surface area contributed by atoms with E-state index in [1.54, 1.807) is 0 Å². The first-order valence-electron chi connectivity index (χ1n) is 10.5. The van der Waals surface area contributed by atoms with Crippen LogP contribution in [0.5, 0.6) is 0 Å². The normalized spacial score (nSPS) is 25.1. The van der Waals surface area contributed by atoms with Crippen LogP contribution in [0.2, 0.25) is 0 Å². The Morgan fingerprint density at radius 3 is 2.30 bits per heavy atom. The molecular weight excluding hydrogens is 328 g/mol. The highest BCUT2D eigenvalue weighted by Gasteiger charge is 2.41. The summed E-state index contributed by atoms with van der Waals surface area (Å²) in [5, 5.41) is 3.78. The minimum atomic E-state index is 0.250. The quantitative estimate of drug-likeness (QED) is 0.673. The molecule has 1 aromatic rings. The Morgan fingerprint density at radius 1 is 1.19 bits per heavy atom. The van der Waals surface area contributed by atoms with Gasteiger partial charge in [0.15, 0.2) is 0 Å². The van der Waals surface area contributed by atoms with Gasteiger partial charge in [-0.3, -0.25) is 0 Å². The lowest BCUT2D eigenvalue weighted by atomic mass is 9.85. The Hall–Kier alpha value is -1.96. The van der Waals surface area contributed by atoms with Crippen molar-refractivity contribution in [3.63, 3.8) is 0 Å². The van der Waals surface area contributed by atoms with Crippen LogP contribution in [0.1, 0.15) is 51.7 Å². The van der Waals surface area contributed by atoms with E-state index in [-0.39, 0.29) is 12.1 Å². The highest BCUT2D eigenvalue weighted by molar-refractivity contribution is 5.35. The molecule has 2 nitrogen and oxygen atoms in total. The van der Waals surface area contributed by atoms with E-state index in [0.29, 0.717) is 17.9 Å². The van der Waals surface area contributed by atoms with Crippen molar-refractivity contribution in [1.82, 2.24) is 10.2 Å². The van der Waals surface area contributed by atoms with Gasteiger partial charge in [-0.1, -0.05) is 69.8 Å². The van der Waals surface area contributed by atoms with E-state index in [2.05, 4.69) is 81.9 Å². The van der Waals surface area contributed by atoms with Crippen LogP contribution in [0.4, 0.5) is 0 Å². The smallest absolute Gasteiger partial charge is 0.0688 e. The summed E-state index contributed by atoms with van der Waals surface area (Å²) in [6.07, 6.45) is 4.53. The predicted molar refractivity (Wildman–Crippen MR) is 117 cm³/mol. The second-order valence-corrected chi connectivity index (χ2v) is 8.77. The summed E-state index contributed by atoms with van der Waals surface area (Å²) < 4.78 is 0. The molecule has 1 fully saturated rings. The van der Waals surface area contributed by atoms with Crippen molar-refractivity contribution >= 4 is 0 Å². The molecule has 1 saturated heterocycles. The van der Waals surface area contributed by atoms with Gasteiger partial charge in [0.2, 0.25) is 0 Å². The Labute approximate surface area is 166 Å². The van der Waals surface area contributed by atoms with Crippen molar-refractivity contribution in [3.8, 4) is 0 Å². The Bertz CT molecular complexity index is 707. The predicted octanol–water partition coefficient (Wildman–Crippen LogP) is 5.47. The van der Waals surface area contributed by atoms with Crippen LogP contribution in [-0.4, -0.2) is 23.0 Å². The van der Waals surface area contributed by atoms with Gasteiger partial charge in [-0.15, -0.1) is 0 Å². The van der Waals surface area contributed by atoms with Crippen molar-refractivity contribution in [2.75, 3.05) is 0 Å². The lowest BCUT2D eigenvalue weighted by Gasteiger charge is -2.50. The average molecular weight is 365 g/mol. The zero-order valence-corrected chi connectivity index (χ0v) is 17.6. The van der Waals surface area contributed by atoms with Gasteiger partial charge in [-0.05, 0) is 56.1 Å². The van der Waals surface area contributed by atoms with Gasteiger partial charge in [-0.25, -0.2) is 0 Å². The molecular formula is C25H36N2. The molecule has 1 N–H and O–H groups in total. The minimum absolute atomic E-state index is 0.250. The molecule has 27 heavy (non-hydrogen) atoms. The van der Waals surface area contributed by atoms with Gasteiger partial charge in [0.1, 0.15) is 0 Å². The van der Waals surface area contributed by atoms with Crippen LogP contribution in [0.25, 0.3) is 0 Å². The first kappa shape index (κ1) is 19.8. The summed E-state index contributed by atoms with van der Waals surface area (Å²) >= 11 is 0. The molecule has 3 rings (SSSR count). The number of hydrogen-bond donors (Lipinski definition) is 1. The van der Waals surface area contributed by atoms with Crippen LogP contribution in [0.15, 0.2) is 61.0 Å². The second kappa shape index (κ2) is 7.96. The fraction of sp³-hybridized carbons (Fsp3) is 0.520. The maximum Gasteiger partial charge on any atom is 0.0688 e. The molecule has 4 atom stereocenters. The minimum Gasteiger partial charge on any atom is -0.379 e. The van der Waals surface area contributed by atoms with Gasteiger partial charge in [0.05, 0.1) is 12.1 Å². The third-order valence-corrected chi connectivity index (χ3v) is 6.78. The summed E-state index contributed by atoms with van der Waals surface area (Å²) in [5.41, 5.74) is 6.53. The Balaban J connectivity index is 1.86. The summed E-state index contributed by atoms with van der Waals surface area (Å²) in [5.74, 6) is 1.20. The number of nitrogens with one attached hydrogen (secondary N) is 1. The van der Waals surface area contributed by atoms with E-state index in [4.69, 9.17) is 0 Å². The molecule has 0 amide bonds. The van der Waals surface area contributed by atoms with E-state index in [1.165, 1.54) is 28.8 Å². The van der Waals surface area contributed by atoms with E-state index in [1.807, 2.05) is 0 Å². The van der Waals surface area contributed by atoms with Gasteiger partial charge in [0.25, 0.3) is 0 Å². The van der Waals surface area contributed by atoms with Crippen molar-refractivity contribution in [2.24, 2.45) is 11.8 Å². The highest BCUT2D eigenvalue weighted by atomic mass is 15.3. The SMILES string of the molecule is C=C(C)[C@@H](C)N1C(=C)C(C2Cc3ccccc3C2)NC(=C)[C@H]1CC(C)CC. The second-order valence-electron chi connectivity index (χ2n) is 8.77. The van der Waals surface area contributed by atoms with Crippen molar-refractivity contribution in [1.29, 1.82) is 0 Å². The number of nitrogens with zero attached hydrogens (tertiary/aromatic N) is 1. The summed E-state index contributed by atoms with van der Waals surface area (Å²) in [6.45, 7) is 22.3. The van der Waals surface area contributed by atoms with Crippen LogP contribution < -0.4 is 5.32 Å². The zero-order chi connectivity index (χ0) is 19.7. The molecule has 0 radical (unpaired) electrons. The molecule has 2 heteroatoms. The molecule has 0 aromatic heterocycles. The molecule has 1 heterocycles. The van der Waals surface area contributed by atoms with E-state index < -0.39 is 0 Å². The van der Waals surface area contributed by atoms with Crippen LogP contribution >= 0.6 is 0 Å². The van der Waals surface area contributed by atoms with Crippen molar-refractivity contribution < 1.29 is 0 Å². The number of hydrogen-bond acceptors (Lipinski definition) is 2.